The summed E-state index contributed by atoms with van der Waals surface area (Å²) in [6.45, 7) is 6.67. The molecule has 0 bridgehead atoms. The van der Waals surface area contributed by atoms with Gasteiger partial charge in [0.1, 0.15) is 61.0 Å². The van der Waals surface area contributed by atoms with E-state index in [1.165, 1.54) is 6.42 Å². The molecule has 3 heterocycles. The normalized spacial score (nSPS) is 24.4. The summed E-state index contributed by atoms with van der Waals surface area (Å²) in [5.74, 6) is -0.275. The molecule has 1 N–H and O–H groups in total. The van der Waals surface area contributed by atoms with Crippen LogP contribution in [0.5, 0.6) is 0 Å². The van der Waals surface area contributed by atoms with Gasteiger partial charge in [-0.1, -0.05) is 289 Å². The maximum atomic E-state index is 14.6. The van der Waals surface area contributed by atoms with Gasteiger partial charge in [0.15, 0.2) is 18.9 Å². The van der Waals surface area contributed by atoms with Crippen molar-refractivity contribution >= 4 is 5.91 Å². The van der Waals surface area contributed by atoms with Crippen LogP contribution in [0.15, 0.2) is 243 Å². The maximum absolute atomic E-state index is 14.6. The topological polar surface area (TPSA) is 158 Å². The molecule has 0 radical (unpaired) electrons. The number of benzene rings is 8. The number of unbranched alkanes of at least 4 members (excludes halogenated alkanes) is 5. The fourth-order valence-corrected chi connectivity index (χ4v) is 13.0. The molecule has 8 aromatic rings. The van der Waals surface area contributed by atoms with Crippen molar-refractivity contribution in [1.29, 1.82) is 0 Å². The maximum Gasteiger partial charge on any atom is 0.220 e. The van der Waals surface area contributed by atoms with Crippen molar-refractivity contribution in [2.24, 2.45) is 0 Å². The minimum atomic E-state index is -1.29. The van der Waals surface area contributed by atoms with Crippen LogP contribution in [0, 0.1) is 0 Å². The van der Waals surface area contributed by atoms with Gasteiger partial charge >= 0.3 is 0 Å². The molecule has 3 aliphatic rings. The summed E-state index contributed by atoms with van der Waals surface area (Å²) in [6, 6.07) is 79.2. The van der Waals surface area contributed by atoms with E-state index in [2.05, 4.69) is 12.2 Å². The summed E-state index contributed by atoms with van der Waals surface area (Å²) in [4.78, 5) is 14.6. The third kappa shape index (κ3) is 23.9. The number of nitrogens with one attached hydrogen (secondary N) is 1. The van der Waals surface area contributed by atoms with Gasteiger partial charge in [0.2, 0.25) is 5.91 Å². The van der Waals surface area contributed by atoms with Crippen LogP contribution in [-0.4, -0.2) is 118 Å². The van der Waals surface area contributed by atoms with Crippen LogP contribution in [0.1, 0.15) is 110 Å². The number of hydrogen-bond donors (Lipinski definition) is 1. The monoisotopic (exact) mass is 1380 g/mol. The van der Waals surface area contributed by atoms with Crippen molar-refractivity contribution in [2.45, 2.75) is 204 Å². The van der Waals surface area contributed by atoms with Gasteiger partial charge in [-0.3, -0.25) is 4.79 Å². The van der Waals surface area contributed by atoms with Crippen LogP contribution in [0.3, 0.4) is 0 Å². The van der Waals surface area contributed by atoms with E-state index in [1.807, 2.05) is 250 Å². The van der Waals surface area contributed by atoms with Gasteiger partial charge in [0.05, 0.1) is 78.8 Å². The van der Waals surface area contributed by atoms with Gasteiger partial charge in [0.25, 0.3) is 0 Å². The Morgan fingerprint density at radius 3 is 1.14 bits per heavy atom. The van der Waals surface area contributed by atoms with E-state index in [0.29, 0.717) is 33.0 Å². The number of rotatable bonds is 41. The molecule has 11 rings (SSSR count). The van der Waals surface area contributed by atoms with Crippen LogP contribution < -0.4 is 5.32 Å². The van der Waals surface area contributed by atoms with Crippen LogP contribution in [-0.2, 0) is 124 Å². The largest absolute Gasteiger partial charge is 0.374 e. The Bertz CT molecular complexity index is 3500. The smallest absolute Gasteiger partial charge is 0.220 e. The molecule has 0 spiro atoms. The van der Waals surface area contributed by atoms with Gasteiger partial charge in [-0.25, -0.2) is 0 Å². The second kappa shape index (κ2) is 41.7. The molecule has 14 atom stereocenters. The van der Waals surface area contributed by atoms with E-state index in [9.17, 15) is 4.79 Å². The van der Waals surface area contributed by atoms with Gasteiger partial charge < -0.3 is 71.6 Å². The SMILES string of the molecule is CCCCCCCCO[C@H]1O[C@H](COCc2ccccc2)[C@@H](OCc2ccccc2)[C@H](OCc2ccccc2)[C@@H]1O[C@@H]1O[C@H](COCc2ccccc2)[C@@H](O[C@H]2C[C@@H](OCc3ccccc3)[C@@H](OCc3ccccc3)[C@@H](COCc3ccccc3)O2)[C@H](OCc2ccccc2)[C@H]1NC(=O)CC. The molecule has 3 aliphatic heterocycles. The average molecular weight is 1380 g/mol. The molecule has 0 aromatic heterocycles. The van der Waals surface area contributed by atoms with Crippen LogP contribution >= 0.6 is 0 Å². The first-order chi connectivity index (χ1) is 49.9. The first-order valence-electron chi connectivity index (χ1n) is 36.2. The van der Waals surface area contributed by atoms with Crippen molar-refractivity contribution in [3.8, 4) is 0 Å². The summed E-state index contributed by atoms with van der Waals surface area (Å²) in [6.07, 6.45) is -5.06. The van der Waals surface area contributed by atoms with Gasteiger partial charge in [-0.05, 0) is 50.9 Å². The zero-order valence-electron chi connectivity index (χ0n) is 58.4. The molecule has 0 aliphatic carbocycles. The summed E-state index contributed by atoms with van der Waals surface area (Å²) >= 11 is 0. The molecule has 8 aromatic carbocycles. The lowest BCUT2D eigenvalue weighted by Crippen LogP contribution is -2.69. The fraction of sp³-hybridized carbons (Fsp3) is 0.424. The molecule has 3 saturated heterocycles. The van der Waals surface area contributed by atoms with Gasteiger partial charge in [-0.2, -0.15) is 0 Å². The lowest BCUT2D eigenvalue weighted by Gasteiger charge is -2.51. The highest BCUT2D eigenvalue weighted by atomic mass is 16.8. The van der Waals surface area contributed by atoms with E-state index in [0.717, 1.165) is 76.6 Å². The minimum absolute atomic E-state index is 0.0111. The predicted octanol–water partition coefficient (Wildman–Crippen LogP) is 15.2. The Morgan fingerprint density at radius 2 is 0.703 bits per heavy atom. The van der Waals surface area contributed by atoms with Crippen molar-refractivity contribution < 1.29 is 71.1 Å². The number of carbonyl (C=O) groups is 1. The summed E-state index contributed by atoms with van der Waals surface area (Å²) in [5, 5.41) is 3.36. The molecule has 16 nitrogen and oxygen atoms in total. The first-order valence-corrected chi connectivity index (χ1v) is 36.2. The van der Waals surface area contributed by atoms with Crippen LogP contribution in [0.25, 0.3) is 0 Å². The first kappa shape index (κ1) is 74.8. The fourth-order valence-electron chi connectivity index (χ4n) is 13.0. The van der Waals surface area contributed by atoms with Crippen molar-refractivity contribution in [3.05, 3.63) is 287 Å². The second-order valence-corrected chi connectivity index (χ2v) is 26.1. The zero-order valence-corrected chi connectivity index (χ0v) is 58.4. The second-order valence-electron chi connectivity index (χ2n) is 26.1. The molecule has 0 saturated carbocycles. The summed E-state index contributed by atoms with van der Waals surface area (Å²) in [7, 11) is 0. The summed E-state index contributed by atoms with van der Waals surface area (Å²) in [5.41, 5.74) is 7.75. The average Bonchev–Trinajstić information content (AvgIpc) is 0.768. The number of hydrogen-bond acceptors (Lipinski definition) is 15. The third-order valence-corrected chi connectivity index (χ3v) is 18.4. The Labute approximate surface area is 597 Å². The van der Waals surface area contributed by atoms with Gasteiger partial charge in [0, 0.05) is 19.4 Å². The van der Waals surface area contributed by atoms with Gasteiger partial charge in [-0.15, -0.1) is 0 Å². The quantitative estimate of drug-likeness (QED) is 0.0361. The predicted molar refractivity (Wildman–Crippen MR) is 385 cm³/mol. The Morgan fingerprint density at radius 1 is 0.347 bits per heavy atom. The highest BCUT2D eigenvalue weighted by Gasteiger charge is 2.56. The van der Waals surface area contributed by atoms with E-state index in [4.69, 9.17) is 66.3 Å². The Balaban J connectivity index is 0.984. The van der Waals surface area contributed by atoms with Crippen LogP contribution in [0.4, 0.5) is 0 Å². The Kier molecular flexibility index (Phi) is 30.9. The standard InChI is InChI=1S/C85H101NO15/c1-3-5-6-7-8-33-50-91-85-83(82(96-59-70-48-31-16-32-49-70)79(94-57-68-44-27-14-28-45-68)73(99-85)61-89-53-64-36-19-10-20-37-64)101-84-77(86-75(87)4-2)81(95-58-69-46-29-15-30-47-69)80(74(98-84)62-90-54-65-38-21-11-22-39-65)100-76-51-71(92-55-66-40-23-12-24-41-66)78(93-56-67-42-25-13-26-43-67)72(97-76)60-88-52-63-34-17-9-18-35-63/h9-32,34-49,71-74,76-85H,3-8,33,50-62H2,1-2H3,(H,86,87)/t71-,72-,73-,74-,76+,77-,78-,79-,80-,81-,82+,83+,84+,85+/m1/s1. The van der Waals surface area contributed by atoms with Crippen molar-refractivity contribution in [2.75, 3.05) is 26.4 Å². The molecule has 536 valence electrons. The van der Waals surface area contributed by atoms with E-state index >= 15 is 0 Å². The molecular formula is C85H101NO15. The molecular weight excluding hydrogens is 1270 g/mol. The van der Waals surface area contributed by atoms with E-state index in [1.54, 1.807) is 0 Å². The molecule has 16 heteroatoms. The Hall–Kier alpha value is -7.33. The molecule has 1 amide bonds. The number of carbonyl (C=O) groups excluding carboxylic acids is 1. The minimum Gasteiger partial charge on any atom is -0.374 e. The molecule has 3 fully saturated rings. The zero-order chi connectivity index (χ0) is 69.3. The van der Waals surface area contributed by atoms with E-state index in [-0.39, 0.29) is 65.0 Å². The molecule has 101 heavy (non-hydrogen) atoms. The highest BCUT2D eigenvalue weighted by Crippen LogP contribution is 2.38. The van der Waals surface area contributed by atoms with Crippen molar-refractivity contribution in [3.63, 3.8) is 0 Å². The lowest BCUT2D eigenvalue weighted by molar-refractivity contribution is -0.376. The lowest BCUT2D eigenvalue weighted by atomic mass is 9.94. The highest BCUT2D eigenvalue weighted by molar-refractivity contribution is 5.76. The number of ether oxygens (including phenoxy) is 14. The summed E-state index contributed by atoms with van der Waals surface area (Å²) < 4.78 is 99.9. The van der Waals surface area contributed by atoms with Crippen molar-refractivity contribution in [1.82, 2.24) is 5.32 Å². The van der Waals surface area contributed by atoms with E-state index < -0.39 is 86.0 Å². The third-order valence-electron chi connectivity index (χ3n) is 18.4. The van der Waals surface area contributed by atoms with Crippen LogP contribution in [0.2, 0.25) is 0 Å². The molecule has 0 unspecified atom stereocenters. The number of amides is 1.